The highest BCUT2D eigenvalue weighted by Gasteiger charge is 2.47. The SMILES string of the molecule is CN1CCN2C(=O)N(C3CCCC3C(=O)O)CC2C1. The van der Waals surface area contributed by atoms with E-state index in [0.717, 1.165) is 32.5 Å². The number of fused-ring (bicyclic) bond motifs is 1. The minimum atomic E-state index is -0.753. The van der Waals surface area contributed by atoms with E-state index in [2.05, 4.69) is 11.9 Å². The number of aliphatic carboxylic acids is 1. The Labute approximate surface area is 112 Å². The molecule has 3 unspecified atom stereocenters. The maximum Gasteiger partial charge on any atom is 0.320 e. The van der Waals surface area contributed by atoms with Crippen LogP contribution < -0.4 is 0 Å². The van der Waals surface area contributed by atoms with Gasteiger partial charge in [-0.2, -0.15) is 0 Å². The van der Waals surface area contributed by atoms with Crippen LogP contribution in [-0.4, -0.2) is 77.1 Å². The smallest absolute Gasteiger partial charge is 0.320 e. The molecule has 3 atom stereocenters. The molecule has 106 valence electrons. The molecule has 19 heavy (non-hydrogen) atoms. The molecule has 2 aliphatic heterocycles. The van der Waals surface area contributed by atoms with Crippen LogP contribution in [0.5, 0.6) is 0 Å². The Balaban J connectivity index is 1.75. The number of carbonyl (C=O) groups excluding carboxylic acids is 1. The van der Waals surface area contributed by atoms with E-state index in [9.17, 15) is 14.7 Å². The van der Waals surface area contributed by atoms with Gasteiger partial charge in [0, 0.05) is 32.2 Å². The predicted molar refractivity (Wildman–Crippen MR) is 68.9 cm³/mol. The number of carboxylic acid groups (broad SMARTS) is 1. The molecule has 1 saturated carbocycles. The molecule has 0 spiro atoms. The number of amides is 2. The van der Waals surface area contributed by atoms with Crippen molar-refractivity contribution >= 4 is 12.0 Å². The van der Waals surface area contributed by atoms with Crippen LogP contribution in [0.3, 0.4) is 0 Å². The molecule has 2 amide bonds. The monoisotopic (exact) mass is 267 g/mol. The van der Waals surface area contributed by atoms with E-state index >= 15 is 0 Å². The number of likely N-dealkylation sites (N-methyl/N-ethyl adjacent to an activating group) is 1. The fourth-order valence-corrected chi connectivity index (χ4v) is 3.77. The van der Waals surface area contributed by atoms with Crippen LogP contribution in [0.2, 0.25) is 0 Å². The molecule has 0 radical (unpaired) electrons. The van der Waals surface area contributed by atoms with Crippen molar-refractivity contribution in [3.05, 3.63) is 0 Å². The van der Waals surface area contributed by atoms with Gasteiger partial charge in [-0.3, -0.25) is 4.79 Å². The van der Waals surface area contributed by atoms with Gasteiger partial charge in [0.1, 0.15) is 0 Å². The van der Waals surface area contributed by atoms with Crippen molar-refractivity contribution in [1.82, 2.24) is 14.7 Å². The quantitative estimate of drug-likeness (QED) is 0.781. The third-order valence-electron chi connectivity index (χ3n) is 4.78. The second-order valence-corrected chi connectivity index (χ2v) is 5.99. The maximum absolute atomic E-state index is 12.4. The number of urea groups is 1. The number of rotatable bonds is 2. The van der Waals surface area contributed by atoms with Gasteiger partial charge in [-0.25, -0.2) is 4.79 Å². The van der Waals surface area contributed by atoms with Gasteiger partial charge in [0.25, 0.3) is 0 Å². The first-order chi connectivity index (χ1) is 9.08. The van der Waals surface area contributed by atoms with E-state index in [1.807, 2.05) is 9.80 Å². The molecule has 0 aromatic heterocycles. The highest BCUT2D eigenvalue weighted by Crippen LogP contribution is 2.34. The van der Waals surface area contributed by atoms with Crippen LogP contribution in [0.25, 0.3) is 0 Å². The van der Waals surface area contributed by atoms with Crippen LogP contribution in [0.15, 0.2) is 0 Å². The molecule has 6 heteroatoms. The molecule has 0 aromatic carbocycles. The number of piperazine rings is 1. The van der Waals surface area contributed by atoms with Crippen molar-refractivity contribution in [2.45, 2.75) is 31.3 Å². The summed E-state index contributed by atoms with van der Waals surface area (Å²) in [6.45, 7) is 3.26. The highest BCUT2D eigenvalue weighted by molar-refractivity contribution is 5.79. The summed E-state index contributed by atoms with van der Waals surface area (Å²) in [5.74, 6) is -1.12. The average molecular weight is 267 g/mol. The molecule has 2 saturated heterocycles. The first kappa shape index (κ1) is 12.7. The molecule has 6 nitrogen and oxygen atoms in total. The number of carboxylic acids is 1. The summed E-state index contributed by atoms with van der Waals surface area (Å²) in [7, 11) is 2.07. The van der Waals surface area contributed by atoms with Crippen LogP contribution in [0.4, 0.5) is 4.79 Å². The predicted octanol–water partition coefficient (Wildman–Crippen LogP) is 0.291. The fraction of sp³-hybridized carbons (Fsp3) is 0.846. The summed E-state index contributed by atoms with van der Waals surface area (Å²) >= 11 is 0. The molecule has 3 aliphatic rings. The summed E-state index contributed by atoms with van der Waals surface area (Å²) in [4.78, 5) is 29.7. The summed E-state index contributed by atoms with van der Waals surface area (Å²) in [6, 6.07) is 0.193. The molecule has 1 N–H and O–H groups in total. The molecule has 3 rings (SSSR count). The van der Waals surface area contributed by atoms with Gasteiger partial charge in [0.05, 0.1) is 12.0 Å². The number of hydrogen-bond acceptors (Lipinski definition) is 3. The lowest BCUT2D eigenvalue weighted by Crippen LogP contribution is -2.50. The maximum atomic E-state index is 12.4. The van der Waals surface area contributed by atoms with Crippen molar-refractivity contribution in [3.8, 4) is 0 Å². The largest absolute Gasteiger partial charge is 0.481 e. The Morgan fingerprint density at radius 2 is 2.00 bits per heavy atom. The van der Waals surface area contributed by atoms with Gasteiger partial charge < -0.3 is 19.8 Å². The zero-order valence-corrected chi connectivity index (χ0v) is 11.3. The lowest BCUT2D eigenvalue weighted by Gasteiger charge is -2.34. The van der Waals surface area contributed by atoms with Crippen molar-refractivity contribution in [3.63, 3.8) is 0 Å². The second-order valence-electron chi connectivity index (χ2n) is 5.99. The van der Waals surface area contributed by atoms with Crippen LogP contribution in [0.1, 0.15) is 19.3 Å². The second kappa shape index (κ2) is 4.67. The van der Waals surface area contributed by atoms with Gasteiger partial charge in [-0.05, 0) is 19.9 Å². The van der Waals surface area contributed by atoms with Crippen molar-refractivity contribution in [2.75, 3.05) is 33.2 Å². The minimum Gasteiger partial charge on any atom is -0.481 e. The zero-order chi connectivity index (χ0) is 13.6. The molecule has 0 aromatic rings. The van der Waals surface area contributed by atoms with E-state index in [1.165, 1.54) is 0 Å². The standard InChI is InChI=1S/C13H21N3O3/c1-14-5-6-15-9(7-14)8-16(13(15)19)11-4-2-3-10(11)12(17)18/h9-11H,2-8H2,1H3,(H,17,18). The van der Waals surface area contributed by atoms with Gasteiger partial charge in [-0.15, -0.1) is 0 Å². The van der Waals surface area contributed by atoms with Gasteiger partial charge >= 0.3 is 12.0 Å². The Hall–Kier alpha value is -1.30. The topological polar surface area (TPSA) is 64.1 Å². The molecule has 0 bridgehead atoms. The van der Waals surface area contributed by atoms with Gasteiger partial charge in [0.2, 0.25) is 0 Å². The van der Waals surface area contributed by atoms with Gasteiger partial charge in [-0.1, -0.05) is 6.42 Å². The number of hydrogen-bond donors (Lipinski definition) is 1. The number of nitrogens with zero attached hydrogens (tertiary/aromatic N) is 3. The normalized spacial score (nSPS) is 35.8. The Bertz CT molecular complexity index is 401. The fourth-order valence-electron chi connectivity index (χ4n) is 3.77. The highest BCUT2D eigenvalue weighted by atomic mass is 16.4. The lowest BCUT2D eigenvalue weighted by atomic mass is 10.0. The molecular formula is C13H21N3O3. The molecule has 2 heterocycles. The summed E-state index contributed by atoms with van der Waals surface area (Å²) < 4.78 is 0. The Kier molecular flexibility index (Phi) is 3.12. The van der Waals surface area contributed by atoms with Gasteiger partial charge in [0.15, 0.2) is 0 Å². The third-order valence-corrected chi connectivity index (χ3v) is 4.78. The van der Waals surface area contributed by atoms with Crippen molar-refractivity contribution in [2.24, 2.45) is 5.92 Å². The summed E-state index contributed by atoms with van der Waals surface area (Å²) in [6.07, 6.45) is 2.45. The van der Waals surface area contributed by atoms with Crippen molar-refractivity contribution in [1.29, 1.82) is 0 Å². The Morgan fingerprint density at radius 3 is 2.74 bits per heavy atom. The first-order valence-corrected chi connectivity index (χ1v) is 7.06. The van der Waals surface area contributed by atoms with Crippen molar-refractivity contribution < 1.29 is 14.7 Å². The molecular weight excluding hydrogens is 246 g/mol. The molecule has 3 fully saturated rings. The lowest BCUT2D eigenvalue weighted by molar-refractivity contribution is -0.142. The average Bonchev–Trinajstić information content (AvgIpc) is 2.94. The molecule has 1 aliphatic carbocycles. The van der Waals surface area contributed by atoms with Crippen LogP contribution in [0, 0.1) is 5.92 Å². The summed E-state index contributed by atoms with van der Waals surface area (Å²) in [5.41, 5.74) is 0. The zero-order valence-electron chi connectivity index (χ0n) is 11.3. The summed E-state index contributed by atoms with van der Waals surface area (Å²) in [5, 5.41) is 9.27. The van der Waals surface area contributed by atoms with Crippen LogP contribution >= 0.6 is 0 Å². The minimum absolute atomic E-state index is 0.0521. The van der Waals surface area contributed by atoms with E-state index in [-0.39, 0.29) is 24.0 Å². The Morgan fingerprint density at radius 1 is 1.21 bits per heavy atom. The third kappa shape index (κ3) is 2.08. The van der Waals surface area contributed by atoms with E-state index in [0.29, 0.717) is 13.0 Å². The van der Waals surface area contributed by atoms with Crippen LogP contribution in [-0.2, 0) is 4.79 Å². The van der Waals surface area contributed by atoms with E-state index < -0.39 is 5.97 Å². The number of carbonyl (C=O) groups is 2. The van der Waals surface area contributed by atoms with E-state index in [1.54, 1.807) is 0 Å². The first-order valence-electron chi connectivity index (χ1n) is 7.06. The van der Waals surface area contributed by atoms with E-state index in [4.69, 9.17) is 0 Å².